The van der Waals surface area contributed by atoms with Crippen molar-refractivity contribution in [2.45, 2.75) is 39.0 Å². The molecule has 0 radical (unpaired) electrons. The third-order valence-corrected chi connectivity index (χ3v) is 8.29. The molecular weight excluding hydrogens is 560 g/mol. The van der Waals surface area contributed by atoms with Crippen LogP contribution in [-0.4, -0.2) is 78.7 Å². The second kappa shape index (κ2) is 13.1. The average Bonchev–Trinajstić information content (AvgIpc) is 3.54. The van der Waals surface area contributed by atoms with Crippen molar-refractivity contribution in [3.8, 4) is 17.2 Å². The van der Waals surface area contributed by atoms with Gasteiger partial charge in [0, 0.05) is 38.2 Å². The third-order valence-electron chi connectivity index (χ3n) is 8.29. The molecule has 0 saturated carbocycles. The maximum absolute atomic E-state index is 13.7. The molecule has 3 aliphatic rings. The van der Waals surface area contributed by atoms with Gasteiger partial charge < -0.3 is 29.0 Å². The van der Waals surface area contributed by atoms with Crippen molar-refractivity contribution in [1.29, 1.82) is 0 Å². The van der Waals surface area contributed by atoms with Crippen LogP contribution in [0.1, 0.15) is 42.1 Å². The molecule has 230 valence electrons. The molecule has 1 amide bonds. The first-order valence-corrected chi connectivity index (χ1v) is 15.2. The molecular formula is C35H38N2O7. The average molecular weight is 599 g/mol. The number of benzene rings is 3. The van der Waals surface area contributed by atoms with Crippen LogP contribution in [0.25, 0.3) is 5.76 Å². The minimum Gasteiger partial charge on any atom is -0.507 e. The van der Waals surface area contributed by atoms with Crippen LogP contribution in [0, 0.1) is 0 Å². The largest absolute Gasteiger partial charge is 0.507 e. The molecule has 1 N–H and O–H groups in total. The number of rotatable bonds is 10. The highest BCUT2D eigenvalue weighted by atomic mass is 16.5. The first-order chi connectivity index (χ1) is 21.4. The number of amides is 1. The SMILES string of the molecule is CCOc1cc([C@@H]2/C(=C(\O)c3ccc4c(c3)C[C@H](C)O4)C(=O)C(=O)N2CCN2CCOCC2)ccc1OCc1ccccc1. The Morgan fingerprint density at radius 1 is 0.955 bits per heavy atom. The van der Waals surface area contributed by atoms with Gasteiger partial charge >= 0.3 is 0 Å². The lowest BCUT2D eigenvalue weighted by atomic mass is 9.94. The number of morpholine rings is 1. The smallest absolute Gasteiger partial charge is 0.295 e. The number of hydrogen-bond acceptors (Lipinski definition) is 8. The van der Waals surface area contributed by atoms with Gasteiger partial charge in [0.2, 0.25) is 0 Å². The molecule has 2 saturated heterocycles. The Morgan fingerprint density at radius 3 is 2.52 bits per heavy atom. The number of ether oxygens (including phenoxy) is 4. The highest BCUT2D eigenvalue weighted by Gasteiger charge is 2.46. The molecule has 9 heteroatoms. The van der Waals surface area contributed by atoms with Crippen LogP contribution < -0.4 is 14.2 Å². The number of fused-ring (bicyclic) bond motifs is 1. The van der Waals surface area contributed by atoms with E-state index in [1.807, 2.05) is 68.4 Å². The quantitative estimate of drug-likeness (QED) is 0.203. The minimum atomic E-state index is -0.804. The van der Waals surface area contributed by atoms with Crippen LogP contribution in [0.3, 0.4) is 0 Å². The first-order valence-electron chi connectivity index (χ1n) is 15.2. The van der Waals surface area contributed by atoms with E-state index >= 15 is 0 Å². The van der Waals surface area contributed by atoms with E-state index in [1.165, 1.54) is 0 Å². The normalized spacial score (nSPS) is 21.3. The number of ketones is 1. The van der Waals surface area contributed by atoms with Gasteiger partial charge in [-0.1, -0.05) is 36.4 Å². The zero-order chi connectivity index (χ0) is 30.6. The fourth-order valence-corrected chi connectivity index (χ4v) is 6.07. The van der Waals surface area contributed by atoms with Crippen molar-refractivity contribution in [3.63, 3.8) is 0 Å². The van der Waals surface area contributed by atoms with Crippen molar-refractivity contribution in [1.82, 2.24) is 9.80 Å². The molecule has 0 aromatic heterocycles. The second-order valence-electron chi connectivity index (χ2n) is 11.3. The minimum absolute atomic E-state index is 0.0350. The Labute approximate surface area is 257 Å². The van der Waals surface area contributed by atoms with Crippen LogP contribution >= 0.6 is 0 Å². The van der Waals surface area contributed by atoms with Gasteiger partial charge in [0.15, 0.2) is 11.5 Å². The van der Waals surface area contributed by atoms with Crippen molar-refractivity contribution >= 4 is 17.4 Å². The summed E-state index contributed by atoms with van der Waals surface area (Å²) in [6.07, 6.45) is 0.739. The van der Waals surface area contributed by atoms with E-state index < -0.39 is 17.7 Å². The summed E-state index contributed by atoms with van der Waals surface area (Å²) in [6.45, 7) is 8.31. The molecule has 0 unspecified atom stereocenters. The number of carbonyl (C=O) groups excluding carboxylic acids is 2. The molecule has 6 rings (SSSR count). The number of likely N-dealkylation sites (tertiary alicyclic amines) is 1. The topological polar surface area (TPSA) is 97.8 Å². The van der Waals surface area contributed by atoms with Gasteiger partial charge in [-0.05, 0) is 60.9 Å². The number of carbonyl (C=O) groups is 2. The zero-order valence-corrected chi connectivity index (χ0v) is 25.2. The molecule has 3 heterocycles. The summed E-state index contributed by atoms with van der Waals surface area (Å²) in [4.78, 5) is 31.0. The fourth-order valence-electron chi connectivity index (χ4n) is 6.07. The Bertz CT molecular complexity index is 1550. The van der Waals surface area contributed by atoms with E-state index in [-0.39, 0.29) is 17.4 Å². The number of Topliss-reactive ketones (excluding diaryl/α,β-unsaturated/α-hetero) is 1. The first kappa shape index (κ1) is 29.7. The molecule has 3 aromatic carbocycles. The molecule has 3 aromatic rings. The van der Waals surface area contributed by atoms with Crippen LogP contribution in [0.15, 0.2) is 72.3 Å². The summed E-state index contributed by atoms with van der Waals surface area (Å²) in [5.41, 5.74) is 3.17. The van der Waals surface area contributed by atoms with Crippen molar-refractivity contribution < 1.29 is 33.6 Å². The monoisotopic (exact) mass is 598 g/mol. The summed E-state index contributed by atoms with van der Waals surface area (Å²) in [5, 5.41) is 11.7. The highest BCUT2D eigenvalue weighted by Crippen LogP contribution is 2.43. The number of aliphatic hydroxyl groups excluding tert-OH is 1. The Morgan fingerprint density at radius 2 is 1.75 bits per heavy atom. The molecule has 9 nitrogen and oxygen atoms in total. The number of hydrogen-bond donors (Lipinski definition) is 1. The highest BCUT2D eigenvalue weighted by molar-refractivity contribution is 6.46. The molecule has 44 heavy (non-hydrogen) atoms. The predicted octanol–water partition coefficient (Wildman–Crippen LogP) is 4.74. The second-order valence-corrected chi connectivity index (χ2v) is 11.3. The summed E-state index contributed by atoms with van der Waals surface area (Å²) >= 11 is 0. The van der Waals surface area contributed by atoms with Gasteiger partial charge in [-0.3, -0.25) is 14.5 Å². The summed E-state index contributed by atoms with van der Waals surface area (Å²) in [5.74, 6) is 0.282. The van der Waals surface area contributed by atoms with Gasteiger partial charge in [0.1, 0.15) is 24.2 Å². The van der Waals surface area contributed by atoms with E-state index in [1.54, 1.807) is 17.0 Å². The van der Waals surface area contributed by atoms with Gasteiger partial charge in [0.05, 0.1) is 31.4 Å². The third kappa shape index (κ3) is 6.16. The molecule has 0 spiro atoms. The maximum atomic E-state index is 13.7. The lowest BCUT2D eigenvalue weighted by Gasteiger charge is -2.31. The van der Waals surface area contributed by atoms with Crippen LogP contribution in [-0.2, 0) is 27.4 Å². The lowest BCUT2D eigenvalue weighted by molar-refractivity contribution is -0.140. The Balaban J connectivity index is 1.37. The van der Waals surface area contributed by atoms with Gasteiger partial charge in [-0.15, -0.1) is 0 Å². The summed E-state index contributed by atoms with van der Waals surface area (Å²) < 4.78 is 23.4. The van der Waals surface area contributed by atoms with E-state index in [0.717, 1.165) is 30.0 Å². The van der Waals surface area contributed by atoms with E-state index in [9.17, 15) is 14.7 Å². The van der Waals surface area contributed by atoms with Crippen LogP contribution in [0.2, 0.25) is 0 Å². The van der Waals surface area contributed by atoms with Gasteiger partial charge in [-0.2, -0.15) is 0 Å². The lowest BCUT2D eigenvalue weighted by Crippen LogP contribution is -2.42. The van der Waals surface area contributed by atoms with Gasteiger partial charge in [-0.25, -0.2) is 0 Å². The molecule has 0 bridgehead atoms. The van der Waals surface area contributed by atoms with Crippen molar-refractivity contribution in [2.75, 3.05) is 46.0 Å². The van der Waals surface area contributed by atoms with E-state index in [4.69, 9.17) is 18.9 Å². The molecule has 3 aliphatic heterocycles. The standard InChI is InChI=1S/C35H38N2O7/c1-3-42-30-21-25(9-12-29(30)43-22-24-7-5-4-6-8-24)32-31(33(38)26-10-11-28-27(20-26)19-23(2)44-28)34(39)35(40)37(32)14-13-36-15-17-41-18-16-36/h4-12,20-21,23,32,38H,3,13-19,22H2,1-2H3/b33-31+/t23-,32+/m0/s1. The Kier molecular flexibility index (Phi) is 8.86. The van der Waals surface area contributed by atoms with Gasteiger partial charge in [0.25, 0.3) is 11.7 Å². The predicted molar refractivity (Wildman–Crippen MR) is 165 cm³/mol. The fraction of sp³-hybridized carbons (Fsp3) is 0.371. The van der Waals surface area contributed by atoms with Crippen molar-refractivity contribution in [3.05, 3.63) is 94.6 Å². The number of aliphatic hydroxyl groups is 1. The van der Waals surface area contributed by atoms with Crippen LogP contribution in [0.4, 0.5) is 0 Å². The number of nitrogens with zero attached hydrogens (tertiary/aromatic N) is 2. The van der Waals surface area contributed by atoms with Crippen molar-refractivity contribution in [2.24, 2.45) is 0 Å². The summed E-state index contributed by atoms with van der Waals surface area (Å²) in [7, 11) is 0. The van der Waals surface area contributed by atoms with E-state index in [2.05, 4.69) is 4.90 Å². The molecule has 2 atom stereocenters. The van der Waals surface area contributed by atoms with Crippen LogP contribution in [0.5, 0.6) is 17.2 Å². The maximum Gasteiger partial charge on any atom is 0.295 e. The molecule has 0 aliphatic carbocycles. The zero-order valence-electron chi connectivity index (χ0n) is 25.2. The summed E-state index contributed by atoms with van der Waals surface area (Å²) in [6, 6.07) is 19.9. The van der Waals surface area contributed by atoms with E-state index in [0.29, 0.717) is 68.6 Å². The molecule has 2 fully saturated rings. The Hall–Kier alpha value is -4.34.